The minimum absolute atomic E-state index is 0.182. The van der Waals surface area contributed by atoms with Gasteiger partial charge in [-0.05, 0) is 42.8 Å². The molecule has 0 saturated heterocycles. The van der Waals surface area contributed by atoms with E-state index in [9.17, 15) is 4.79 Å². The molecule has 3 rings (SSSR count). The van der Waals surface area contributed by atoms with E-state index in [0.717, 1.165) is 5.56 Å². The number of fused-ring (bicyclic) bond motifs is 1. The first kappa shape index (κ1) is 18.1. The molecule has 26 heavy (non-hydrogen) atoms. The summed E-state index contributed by atoms with van der Waals surface area (Å²) in [6.07, 6.45) is 1.69. The highest BCUT2D eigenvalue weighted by Gasteiger charge is 2.13. The van der Waals surface area contributed by atoms with Crippen molar-refractivity contribution in [3.8, 4) is 17.2 Å². The van der Waals surface area contributed by atoms with Crippen molar-refractivity contribution in [3.63, 3.8) is 0 Å². The number of nitrogens with zero attached hydrogens (tertiary/aromatic N) is 1. The lowest BCUT2D eigenvalue weighted by Crippen LogP contribution is -2.20. The monoisotopic (exact) mass is 374 g/mol. The number of halogens is 1. The summed E-state index contributed by atoms with van der Waals surface area (Å²) >= 11 is 6.00. The molecule has 0 aromatic heterocycles. The fraction of sp³-hybridized carbons (Fsp3) is 0.263. The number of carbonyl (C=O) groups is 1. The minimum Gasteiger partial charge on any atom is -0.493 e. The Kier molecular flexibility index (Phi) is 5.96. The van der Waals surface area contributed by atoms with Crippen molar-refractivity contribution in [2.24, 2.45) is 5.10 Å². The van der Waals surface area contributed by atoms with Crippen LogP contribution in [-0.2, 0) is 11.2 Å². The summed E-state index contributed by atoms with van der Waals surface area (Å²) in [6, 6.07) is 10.7. The van der Waals surface area contributed by atoms with Crippen LogP contribution in [0.4, 0.5) is 0 Å². The highest BCUT2D eigenvalue weighted by molar-refractivity contribution is 6.30. The van der Waals surface area contributed by atoms with Gasteiger partial charge in [-0.15, -0.1) is 0 Å². The van der Waals surface area contributed by atoms with E-state index in [1.54, 1.807) is 24.3 Å². The molecule has 0 atom stereocenters. The number of benzene rings is 2. The van der Waals surface area contributed by atoms with E-state index in [4.69, 9.17) is 25.8 Å². The van der Waals surface area contributed by atoms with Crippen molar-refractivity contribution in [3.05, 3.63) is 52.5 Å². The smallest absolute Gasteiger partial charge is 0.244 e. The third kappa shape index (κ3) is 4.67. The highest BCUT2D eigenvalue weighted by Crippen LogP contribution is 2.30. The molecule has 1 amide bonds. The van der Waals surface area contributed by atoms with Gasteiger partial charge in [0, 0.05) is 10.6 Å². The summed E-state index contributed by atoms with van der Waals surface area (Å²) < 4.78 is 16.5. The van der Waals surface area contributed by atoms with Gasteiger partial charge in [-0.3, -0.25) is 4.79 Å². The standard InChI is InChI=1S/C19H19ClN2O4/c1-2-24-16-6-4-15(20)11-14(16)12-21-22-19(23)10-13-3-5-17-18(9-13)26-8-7-25-17/h3-6,9,11-12H,2,7-8,10H2,1H3,(H,22,23)/b21-12+. The van der Waals surface area contributed by atoms with Crippen LogP contribution in [0.2, 0.25) is 5.02 Å². The molecular formula is C19H19ClN2O4. The van der Waals surface area contributed by atoms with Crippen LogP contribution in [-0.4, -0.2) is 31.9 Å². The highest BCUT2D eigenvalue weighted by atomic mass is 35.5. The summed E-state index contributed by atoms with van der Waals surface area (Å²) in [6.45, 7) is 3.47. The van der Waals surface area contributed by atoms with Gasteiger partial charge in [0.1, 0.15) is 19.0 Å². The maximum atomic E-state index is 12.1. The van der Waals surface area contributed by atoms with Crippen LogP contribution >= 0.6 is 11.6 Å². The van der Waals surface area contributed by atoms with E-state index in [1.165, 1.54) is 6.21 Å². The fourth-order valence-electron chi connectivity index (χ4n) is 2.50. The second-order valence-corrected chi connectivity index (χ2v) is 6.00. The molecule has 136 valence electrons. The van der Waals surface area contributed by atoms with Crippen molar-refractivity contribution in [2.45, 2.75) is 13.3 Å². The Morgan fingerprint density at radius 3 is 2.85 bits per heavy atom. The number of carbonyl (C=O) groups excluding carboxylic acids is 1. The molecule has 6 nitrogen and oxygen atoms in total. The SMILES string of the molecule is CCOc1ccc(Cl)cc1/C=N/NC(=O)Cc1ccc2c(c1)OCCO2. The molecule has 1 N–H and O–H groups in total. The lowest BCUT2D eigenvalue weighted by molar-refractivity contribution is -0.120. The van der Waals surface area contributed by atoms with Crippen molar-refractivity contribution >= 4 is 23.7 Å². The van der Waals surface area contributed by atoms with E-state index in [1.807, 2.05) is 19.1 Å². The van der Waals surface area contributed by atoms with Crippen LogP contribution in [0, 0.1) is 0 Å². The molecule has 2 aromatic rings. The van der Waals surface area contributed by atoms with Crippen LogP contribution in [0.15, 0.2) is 41.5 Å². The van der Waals surface area contributed by atoms with Gasteiger partial charge in [-0.1, -0.05) is 17.7 Å². The molecule has 0 aliphatic carbocycles. The van der Waals surface area contributed by atoms with Crippen molar-refractivity contribution in [1.29, 1.82) is 0 Å². The maximum absolute atomic E-state index is 12.1. The van der Waals surface area contributed by atoms with Crippen molar-refractivity contribution in [2.75, 3.05) is 19.8 Å². The number of ether oxygens (including phenoxy) is 3. The van der Waals surface area contributed by atoms with Crippen LogP contribution < -0.4 is 19.6 Å². The van der Waals surface area contributed by atoms with Gasteiger partial charge >= 0.3 is 0 Å². The Labute approximate surface area is 156 Å². The van der Waals surface area contributed by atoms with Crippen LogP contribution in [0.5, 0.6) is 17.2 Å². The van der Waals surface area contributed by atoms with Crippen LogP contribution in [0.1, 0.15) is 18.1 Å². The molecule has 0 radical (unpaired) electrons. The zero-order valence-corrected chi connectivity index (χ0v) is 15.1. The van der Waals surface area contributed by atoms with Gasteiger partial charge < -0.3 is 14.2 Å². The van der Waals surface area contributed by atoms with Crippen molar-refractivity contribution in [1.82, 2.24) is 5.43 Å². The van der Waals surface area contributed by atoms with E-state index >= 15 is 0 Å². The quantitative estimate of drug-likeness (QED) is 0.622. The average Bonchev–Trinajstić information content (AvgIpc) is 2.64. The maximum Gasteiger partial charge on any atom is 0.244 e. The third-order valence-electron chi connectivity index (χ3n) is 3.64. The Morgan fingerprint density at radius 1 is 1.23 bits per heavy atom. The zero-order chi connectivity index (χ0) is 18.4. The summed E-state index contributed by atoms with van der Waals surface area (Å²) in [4.78, 5) is 12.1. The second-order valence-electron chi connectivity index (χ2n) is 5.56. The van der Waals surface area contributed by atoms with Gasteiger partial charge in [0.15, 0.2) is 11.5 Å². The number of hydrogen-bond donors (Lipinski definition) is 1. The largest absolute Gasteiger partial charge is 0.493 e. The van der Waals surface area contributed by atoms with Crippen LogP contribution in [0.25, 0.3) is 0 Å². The first-order valence-corrected chi connectivity index (χ1v) is 8.66. The molecule has 0 saturated carbocycles. The lowest BCUT2D eigenvalue weighted by Gasteiger charge is -2.18. The van der Waals surface area contributed by atoms with E-state index < -0.39 is 0 Å². The van der Waals surface area contributed by atoms with E-state index in [2.05, 4.69) is 10.5 Å². The predicted molar refractivity (Wildman–Crippen MR) is 99.5 cm³/mol. The molecule has 0 spiro atoms. The van der Waals surface area contributed by atoms with Crippen LogP contribution in [0.3, 0.4) is 0 Å². The lowest BCUT2D eigenvalue weighted by atomic mass is 10.1. The van der Waals surface area contributed by atoms with Gasteiger partial charge in [0.2, 0.25) is 5.91 Å². The van der Waals surface area contributed by atoms with Gasteiger partial charge in [0.05, 0.1) is 19.2 Å². The second kappa shape index (κ2) is 8.58. The number of nitrogens with one attached hydrogen (secondary N) is 1. The van der Waals surface area contributed by atoms with Crippen molar-refractivity contribution < 1.29 is 19.0 Å². The molecular weight excluding hydrogens is 356 g/mol. The number of amides is 1. The molecule has 0 fully saturated rings. The van der Waals surface area contributed by atoms with Gasteiger partial charge in [-0.2, -0.15) is 5.10 Å². The first-order chi connectivity index (χ1) is 12.7. The molecule has 2 aromatic carbocycles. The predicted octanol–water partition coefficient (Wildman–Crippen LogP) is 3.20. The normalized spacial score (nSPS) is 12.8. The molecule has 0 unspecified atom stereocenters. The summed E-state index contributed by atoms with van der Waals surface area (Å²) in [5.74, 6) is 1.77. The molecule has 1 aliphatic rings. The Morgan fingerprint density at radius 2 is 2.04 bits per heavy atom. The average molecular weight is 375 g/mol. The Hall–Kier alpha value is -2.73. The molecule has 7 heteroatoms. The first-order valence-electron chi connectivity index (χ1n) is 8.28. The fourth-order valence-corrected chi connectivity index (χ4v) is 2.68. The summed E-state index contributed by atoms with van der Waals surface area (Å²) in [5.41, 5.74) is 4.02. The molecule has 0 bridgehead atoms. The summed E-state index contributed by atoms with van der Waals surface area (Å²) in [7, 11) is 0. The zero-order valence-electron chi connectivity index (χ0n) is 14.3. The van der Waals surface area contributed by atoms with E-state index in [-0.39, 0.29) is 12.3 Å². The van der Waals surface area contributed by atoms with Gasteiger partial charge in [-0.25, -0.2) is 5.43 Å². The third-order valence-corrected chi connectivity index (χ3v) is 3.87. The Bertz CT molecular complexity index is 823. The van der Waals surface area contributed by atoms with Gasteiger partial charge in [0.25, 0.3) is 0 Å². The number of hydrogen-bond acceptors (Lipinski definition) is 5. The minimum atomic E-state index is -0.238. The number of rotatable bonds is 6. The molecule has 1 heterocycles. The molecule has 1 aliphatic heterocycles. The Balaban J connectivity index is 1.60. The van der Waals surface area contributed by atoms with E-state index in [0.29, 0.717) is 47.7 Å². The topological polar surface area (TPSA) is 69.2 Å². The number of hydrazone groups is 1. The summed E-state index contributed by atoms with van der Waals surface area (Å²) in [5, 5.41) is 4.56.